The third kappa shape index (κ3) is 2.79. The zero-order chi connectivity index (χ0) is 13.8. The molecule has 5 nitrogen and oxygen atoms in total. The van der Waals surface area contributed by atoms with Crippen LogP contribution in [0.5, 0.6) is 0 Å². The number of hydrogen-bond donors (Lipinski definition) is 1. The minimum absolute atomic E-state index is 0.0369. The quantitative estimate of drug-likeness (QED) is 0.916. The van der Waals surface area contributed by atoms with E-state index in [1.165, 1.54) is 0 Å². The van der Waals surface area contributed by atoms with Crippen molar-refractivity contribution in [3.63, 3.8) is 0 Å². The van der Waals surface area contributed by atoms with Crippen molar-refractivity contribution in [2.75, 3.05) is 31.2 Å². The lowest BCUT2D eigenvalue weighted by molar-refractivity contribution is 0.122. The average molecular weight is 271 g/mol. The average Bonchev–Trinajstić information content (AvgIpc) is 2.56. The number of hydrogen-bond acceptors (Lipinski definition) is 5. The Morgan fingerprint density at radius 2 is 2.00 bits per heavy atom. The standard InChI is InChI=1S/C15H17N3O2/c19-10-12-2-1-3-13(8-12)14-9-15(17-11-16-14)18-4-6-20-7-5-18/h1-3,8-9,11,19H,4-7,10H2. The van der Waals surface area contributed by atoms with Gasteiger partial charge in [0.05, 0.1) is 25.5 Å². The zero-order valence-corrected chi connectivity index (χ0v) is 11.2. The van der Waals surface area contributed by atoms with E-state index in [9.17, 15) is 5.11 Å². The maximum atomic E-state index is 9.21. The van der Waals surface area contributed by atoms with Crippen LogP contribution < -0.4 is 4.90 Å². The first-order valence-corrected chi connectivity index (χ1v) is 6.72. The van der Waals surface area contributed by atoms with Crippen molar-refractivity contribution in [2.24, 2.45) is 0 Å². The zero-order valence-electron chi connectivity index (χ0n) is 11.2. The molecular formula is C15H17N3O2. The summed E-state index contributed by atoms with van der Waals surface area (Å²) in [5.74, 6) is 0.924. The van der Waals surface area contributed by atoms with Crippen LogP contribution in [0.25, 0.3) is 11.3 Å². The lowest BCUT2D eigenvalue weighted by Crippen LogP contribution is -2.36. The molecule has 0 aliphatic carbocycles. The molecule has 1 aromatic carbocycles. The van der Waals surface area contributed by atoms with E-state index in [-0.39, 0.29) is 6.61 Å². The van der Waals surface area contributed by atoms with E-state index in [1.54, 1.807) is 6.33 Å². The smallest absolute Gasteiger partial charge is 0.132 e. The van der Waals surface area contributed by atoms with Crippen LogP contribution in [-0.4, -0.2) is 41.4 Å². The molecule has 0 amide bonds. The Morgan fingerprint density at radius 3 is 2.80 bits per heavy atom. The summed E-state index contributed by atoms with van der Waals surface area (Å²) < 4.78 is 5.35. The fraction of sp³-hybridized carbons (Fsp3) is 0.333. The fourth-order valence-electron chi connectivity index (χ4n) is 2.30. The van der Waals surface area contributed by atoms with Gasteiger partial charge >= 0.3 is 0 Å². The van der Waals surface area contributed by atoms with E-state index in [0.717, 1.165) is 48.9 Å². The summed E-state index contributed by atoms with van der Waals surface area (Å²) in [6.45, 7) is 3.22. The van der Waals surface area contributed by atoms with Gasteiger partial charge in [0.25, 0.3) is 0 Å². The van der Waals surface area contributed by atoms with Crippen molar-refractivity contribution in [1.29, 1.82) is 0 Å². The monoisotopic (exact) mass is 271 g/mol. The Balaban J connectivity index is 1.89. The van der Waals surface area contributed by atoms with Crippen LogP contribution in [-0.2, 0) is 11.3 Å². The SMILES string of the molecule is OCc1cccc(-c2cc(N3CCOCC3)ncn2)c1. The summed E-state index contributed by atoms with van der Waals surface area (Å²) in [5, 5.41) is 9.21. The van der Waals surface area contributed by atoms with E-state index in [4.69, 9.17) is 4.74 Å². The van der Waals surface area contributed by atoms with Gasteiger partial charge in [-0.15, -0.1) is 0 Å². The molecule has 0 saturated carbocycles. The molecule has 0 spiro atoms. The van der Waals surface area contributed by atoms with Gasteiger partial charge in [0.15, 0.2) is 0 Å². The first kappa shape index (κ1) is 13.0. The Kier molecular flexibility index (Phi) is 3.90. The fourth-order valence-corrected chi connectivity index (χ4v) is 2.30. The maximum Gasteiger partial charge on any atom is 0.132 e. The van der Waals surface area contributed by atoms with Crippen molar-refractivity contribution < 1.29 is 9.84 Å². The largest absolute Gasteiger partial charge is 0.392 e. The third-order valence-electron chi connectivity index (χ3n) is 3.39. The van der Waals surface area contributed by atoms with E-state index < -0.39 is 0 Å². The lowest BCUT2D eigenvalue weighted by atomic mass is 10.1. The number of anilines is 1. The highest BCUT2D eigenvalue weighted by molar-refractivity contribution is 5.63. The van der Waals surface area contributed by atoms with Gasteiger partial charge in [-0.25, -0.2) is 9.97 Å². The summed E-state index contributed by atoms with van der Waals surface area (Å²) in [6.07, 6.45) is 1.59. The first-order valence-electron chi connectivity index (χ1n) is 6.72. The van der Waals surface area contributed by atoms with Gasteiger partial charge in [0, 0.05) is 24.7 Å². The normalized spacial score (nSPS) is 15.3. The molecule has 0 atom stereocenters. The van der Waals surface area contributed by atoms with Crippen LogP contribution in [0.3, 0.4) is 0 Å². The van der Waals surface area contributed by atoms with Crippen LogP contribution in [0.4, 0.5) is 5.82 Å². The second kappa shape index (κ2) is 5.98. The summed E-state index contributed by atoms with van der Waals surface area (Å²) in [7, 11) is 0. The van der Waals surface area contributed by atoms with Crippen LogP contribution in [0.15, 0.2) is 36.7 Å². The molecule has 2 heterocycles. The van der Waals surface area contributed by atoms with Crippen LogP contribution >= 0.6 is 0 Å². The molecule has 1 N–H and O–H groups in total. The molecule has 5 heteroatoms. The molecule has 1 saturated heterocycles. The highest BCUT2D eigenvalue weighted by Crippen LogP contribution is 2.22. The van der Waals surface area contributed by atoms with E-state index in [1.807, 2.05) is 30.3 Å². The van der Waals surface area contributed by atoms with Gasteiger partial charge in [-0.2, -0.15) is 0 Å². The van der Waals surface area contributed by atoms with E-state index >= 15 is 0 Å². The molecule has 0 radical (unpaired) electrons. The third-order valence-corrected chi connectivity index (χ3v) is 3.39. The van der Waals surface area contributed by atoms with Crippen molar-refractivity contribution in [1.82, 2.24) is 9.97 Å². The van der Waals surface area contributed by atoms with E-state index in [2.05, 4.69) is 14.9 Å². The van der Waals surface area contributed by atoms with Crippen molar-refractivity contribution in [2.45, 2.75) is 6.61 Å². The van der Waals surface area contributed by atoms with E-state index in [0.29, 0.717) is 0 Å². The topological polar surface area (TPSA) is 58.5 Å². The lowest BCUT2D eigenvalue weighted by Gasteiger charge is -2.27. The highest BCUT2D eigenvalue weighted by Gasteiger charge is 2.13. The molecular weight excluding hydrogens is 254 g/mol. The molecule has 3 rings (SSSR count). The van der Waals surface area contributed by atoms with Crippen LogP contribution in [0.2, 0.25) is 0 Å². The number of morpholine rings is 1. The summed E-state index contributed by atoms with van der Waals surface area (Å²) in [5.41, 5.74) is 2.75. The predicted octanol–water partition coefficient (Wildman–Crippen LogP) is 1.47. The molecule has 0 unspecified atom stereocenters. The number of aromatic nitrogens is 2. The number of aliphatic hydroxyl groups is 1. The van der Waals surface area contributed by atoms with Gasteiger partial charge in [0.2, 0.25) is 0 Å². The second-order valence-corrected chi connectivity index (χ2v) is 4.72. The van der Waals surface area contributed by atoms with Gasteiger partial charge < -0.3 is 14.7 Å². The number of nitrogens with zero attached hydrogens (tertiary/aromatic N) is 3. The van der Waals surface area contributed by atoms with Crippen molar-refractivity contribution in [3.05, 3.63) is 42.2 Å². The Hall–Kier alpha value is -1.98. The van der Waals surface area contributed by atoms with Crippen LogP contribution in [0.1, 0.15) is 5.56 Å². The minimum Gasteiger partial charge on any atom is -0.392 e. The van der Waals surface area contributed by atoms with Crippen LogP contribution in [0, 0.1) is 0 Å². The number of ether oxygens (including phenoxy) is 1. The van der Waals surface area contributed by atoms with Gasteiger partial charge in [-0.05, 0) is 11.6 Å². The Morgan fingerprint density at radius 1 is 1.15 bits per heavy atom. The minimum atomic E-state index is 0.0369. The number of rotatable bonds is 3. The molecule has 1 fully saturated rings. The molecule has 1 aliphatic heterocycles. The predicted molar refractivity (Wildman–Crippen MR) is 76.4 cm³/mol. The second-order valence-electron chi connectivity index (χ2n) is 4.72. The molecule has 104 valence electrons. The molecule has 2 aromatic rings. The van der Waals surface area contributed by atoms with Crippen molar-refractivity contribution >= 4 is 5.82 Å². The summed E-state index contributed by atoms with van der Waals surface area (Å²) in [6, 6.07) is 9.75. The van der Waals surface area contributed by atoms with Crippen molar-refractivity contribution in [3.8, 4) is 11.3 Å². The maximum absolute atomic E-state index is 9.21. The molecule has 20 heavy (non-hydrogen) atoms. The number of aliphatic hydroxyl groups excluding tert-OH is 1. The first-order chi connectivity index (χ1) is 9.86. The molecule has 1 aromatic heterocycles. The highest BCUT2D eigenvalue weighted by atomic mass is 16.5. The molecule has 0 bridgehead atoms. The van der Waals surface area contributed by atoms with Gasteiger partial charge in [-0.1, -0.05) is 18.2 Å². The Bertz CT molecular complexity index is 583. The molecule has 1 aliphatic rings. The Labute approximate surface area is 117 Å². The summed E-state index contributed by atoms with van der Waals surface area (Å²) >= 11 is 0. The number of benzene rings is 1. The van der Waals surface area contributed by atoms with Gasteiger partial charge in [-0.3, -0.25) is 0 Å². The summed E-state index contributed by atoms with van der Waals surface area (Å²) in [4.78, 5) is 10.9. The van der Waals surface area contributed by atoms with Gasteiger partial charge in [0.1, 0.15) is 12.1 Å².